The van der Waals surface area contributed by atoms with Crippen molar-refractivity contribution in [2.45, 2.75) is 58.9 Å². The van der Waals surface area contributed by atoms with Gasteiger partial charge in [0.25, 0.3) is 0 Å². The van der Waals surface area contributed by atoms with Gasteiger partial charge < -0.3 is 9.67 Å². The van der Waals surface area contributed by atoms with Gasteiger partial charge in [-0.2, -0.15) is 0 Å². The van der Waals surface area contributed by atoms with Gasteiger partial charge in [0, 0.05) is 12.0 Å². The lowest BCUT2D eigenvalue weighted by Gasteiger charge is -2.20. The van der Waals surface area contributed by atoms with E-state index in [-0.39, 0.29) is 5.41 Å². The fourth-order valence-corrected chi connectivity index (χ4v) is 2.58. The molecular formula is C17H24N2O2. The maximum Gasteiger partial charge on any atom is 0.335 e. The molecule has 0 aliphatic heterocycles. The second-order valence-corrected chi connectivity index (χ2v) is 6.55. The molecule has 4 heteroatoms. The summed E-state index contributed by atoms with van der Waals surface area (Å²) in [6.45, 7) is 9.55. The monoisotopic (exact) mass is 288 g/mol. The van der Waals surface area contributed by atoms with Crippen LogP contribution in [0.25, 0.3) is 11.0 Å². The van der Waals surface area contributed by atoms with E-state index >= 15 is 0 Å². The molecular weight excluding hydrogens is 264 g/mol. The molecule has 0 saturated carbocycles. The number of fused-ring (bicyclic) bond motifs is 1. The van der Waals surface area contributed by atoms with Crippen LogP contribution in [0.15, 0.2) is 18.2 Å². The molecule has 2 aromatic rings. The smallest absolute Gasteiger partial charge is 0.335 e. The first-order chi connectivity index (χ1) is 9.84. The number of rotatable bonds is 5. The third-order valence-electron chi connectivity index (χ3n) is 3.65. The first-order valence-corrected chi connectivity index (χ1v) is 7.58. The van der Waals surface area contributed by atoms with Crippen LogP contribution >= 0.6 is 0 Å². The van der Waals surface area contributed by atoms with E-state index in [0.717, 1.165) is 29.8 Å². The largest absolute Gasteiger partial charge is 0.478 e. The number of imidazole rings is 1. The van der Waals surface area contributed by atoms with Gasteiger partial charge in [0.2, 0.25) is 0 Å². The Hall–Kier alpha value is -1.84. The zero-order chi connectivity index (χ0) is 15.6. The van der Waals surface area contributed by atoms with Crippen molar-refractivity contribution in [2.24, 2.45) is 0 Å². The number of unbranched alkanes of at least 4 members (excludes halogenated alkanes) is 2. The first kappa shape index (κ1) is 15.5. The van der Waals surface area contributed by atoms with Crippen LogP contribution in [-0.4, -0.2) is 20.6 Å². The molecule has 2 rings (SSSR count). The lowest BCUT2D eigenvalue weighted by Crippen LogP contribution is -2.19. The summed E-state index contributed by atoms with van der Waals surface area (Å²) in [6, 6.07) is 5.21. The quantitative estimate of drug-likeness (QED) is 0.838. The highest BCUT2D eigenvalue weighted by molar-refractivity contribution is 5.92. The average molecular weight is 288 g/mol. The number of aromatic carboxylic acids is 1. The molecule has 0 fully saturated rings. The fraction of sp³-hybridized carbons (Fsp3) is 0.529. The summed E-state index contributed by atoms with van der Waals surface area (Å²) in [6.07, 6.45) is 3.49. The number of carboxylic acids is 1. The Morgan fingerprint density at radius 3 is 2.57 bits per heavy atom. The van der Waals surface area contributed by atoms with Crippen LogP contribution in [0.3, 0.4) is 0 Å². The van der Waals surface area contributed by atoms with E-state index in [1.807, 2.05) is 6.07 Å². The summed E-state index contributed by atoms with van der Waals surface area (Å²) in [7, 11) is 0. The summed E-state index contributed by atoms with van der Waals surface area (Å²) in [4.78, 5) is 15.8. The van der Waals surface area contributed by atoms with Crippen molar-refractivity contribution < 1.29 is 9.90 Å². The highest BCUT2D eigenvalue weighted by Crippen LogP contribution is 2.27. The molecule has 114 valence electrons. The third kappa shape index (κ3) is 3.26. The second kappa shape index (κ2) is 5.88. The number of aryl methyl sites for hydroxylation is 1. The molecule has 1 aromatic heterocycles. The topological polar surface area (TPSA) is 55.1 Å². The Labute approximate surface area is 125 Å². The van der Waals surface area contributed by atoms with Crippen LogP contribution < -0.4 is 0 Å². The Kier molecular flexibility index (Phi) is 4.35. The number of hydrogen-bond acceptors (Lipinski definition) is 2. The minimum absolute atomic E-state index is 0.0609. The van der Waals surface area contributed by atoms with E-state index in [2.05, 4.69) is 32.3 Å². The number of carboxylic acid groups (broad SMARTS) is 1. The van der Waals surface area contributed by atoms with Crippen molar-refractivity contribution in [2.75, 3.05) is 0 Å². The third-order valence-corrected chi connectivity index (χ3v) is 3.65. The summed E-state index contributed by atoms with van der Waals surface area (Å²) < 4.78 is 2.25. The molecule has 0 amide bonds. The standard InChI is InChI=1S/C17H24N2O2/c1-5-6-7-10-19-14-9-8-12(15(20)21)11-13(14)18-16(19)17(2,3)4/h8-9,11H,5-7,10H2,1-4H3,(H,20,21). The summed E-state index contributed by atoms with van der Waals surface area (Å²) in [5.41, 5.74) is 2.03. The number of hydrogen-bond donors (Lipinski definition) is 1. The van der Waals surface area contributed by atoms with Gasteiger partial charge >= 0.3 is 5.97 Å². The first-order valence-electron chi connectivity index (χ1n) is 7.58. The minimum atomic E-state index is -0.908. The minimum Gasteiger partial charge on any atom is -0.478 e. The van der Waals surface area contributed by atoms with Crippen molar-refractivity contribution in [3.63, 3.8) is 0 Å². The molecule has 21 heavy (non-hydrogen) atoms. The zero-order valence-electron chi connectivity index (χ0n) is 13.3. The van der Waals surface area contributed by atoms with Gasteiger partial charge in [-0.25, -0.2) is 9.78 Å². The molecule has 0 radical (unpaired) electrons. The highest BCUT2D eigenvalue weighted by Gasteiger charge is 2.23. The molecule has 0 aliphatic rings. The van der Waals surface area contributed by atoms with Gasteiger partial charge in [-0.1, -0.05) is 40.5 Å². The molecule has 0 unspecified atom stereocenters. The van der Waals surface area contributed by atoms with Crippen molar-refractivity contribution >= 4 is 17.0 Å². The molecule has 0 aliphatic carbocycles. The average Bonchev–Trinajstić information content (AvgIpc) is 2.77. The van der Waals surface area contributed by atoms with Crippen LogP contribution in [0.5, 0.6) is 0 Å². The van der Waals surface area contributed by atoms with Crippen molar-refractivity contribution in [3.05, 3.63) is 29.6 Å². The van der Waals surface area contributed by atoms with Crippen molar-refractivity contribution in [1.82, 2.24) is 9.55 Å². The Morgan fingerprint density at radius 2 is 2.00 bits per heavy atom. The van der Waals surface area contributed by atoms with Gasteiger partial charge in [0.1, 0.15) is 5.82 Å². The summed E-state index contributed by atoms with van der Waals surface area (Å²) in [5, 5.41) is 9.12. The van der Waals surface area contributed by atoms with E-state index in [4.69, 9.17) is 10.1 Å². The maximum atomic E-state index is 11.1. The normalized spacial score (nSPS) is 12.0. The van der Waals surface area contributed by atoms with Crippen LogP contribution in [0.1, 0.15) is 63.1 Å². The van der Waals surface area contributed by atoms with E-state index in [1.165, 1.54) is 12.8 Å². The number of benzene rings is 1. The molecule has 1 heterocycles. The Bertz CT molecular complexity index is 651. The summed E-state index contributed by atoms with van der Waals surface area (Å²) in [5.74, 6) is 0.117. The van der Waals surface area contributed by atoms with Crippen LogP contribution in [-0.2, 0) is 12.0 Å². The Balaban J connectivity index is 2.53. The fourth-order valence-electron chi connectivity index (χ4n) is 2.58. The van der Waals surface area contributed by atoms with Crippen LogP contribution in [0, 0.1) is 0 Å². The SMILES string of the molecule is CCCCCn1c(C(C)(C)C)nc2cc(C(=O)O)ccc21. The highest BCUT2D eigenvalue weighted by atomic mass is 16.4. The van der Waals surface area contributed by atoms with Crippen molar-refractivity contribution in [3.8, 4) is 0 Å². The number of carbonyl (C=O) groups is 1. The van der Waals surface area contributed by atoms with Gasteiger partial charge in [-0.15, -0.1) is 0 Å². The second-order valence-electron chi connectivity index (χ2n) is 6.55. The van der Waals surface area contributed by atoms with E-state index in [0.29, 0.717) is 5.56 Å². The Morgan fingerprint density at radius 1 is 1.29 bits per heavy atom. The molecule has 0 atom stereocenters. The van der Waals surface area contributed by atoms with Crippen LogP contribution in [0.2, 0.25) is 0 Å². The predicted molar refractivity (Wildman–Crippen MR) is 84.9 cm³/mol. The van der Waals surface area contributed by atoms with Gasteiger partial charge in [0.15, 0.2) is 0 Å². The van der Waals surface area contributed by atoms with Crippen molar-refractivity contribution in [1.29, 1.82) is 0 Å². The van der Waals surface area contributed by atoms with E-state index in [9.17, 15) is 4.79 Å². The molecule has 1 N–H and O–H groups in total. The molecule has 4 nitrogen and oxygen atoms in total. The van der Waals surface area contributed by atoms with Gasteiger partial charge in [-0.05, 0) is 24.6 Å². The lowest BCUT2D eigenvalue weighted by atomic mass is 9.95. The van der Waals surface area contributed by atoms with Crippen LogP contribution in [0.4, 0.5) is 0 Å². The zero-order valence-corrected chi connectivity index (χ0v) is 13.3. The molecule has 1 aromatic carbocycles. The molecule has 0 spiro atoms. The number of nitrogens with zero attached hydrogens (tertiary/aromatic N) is 2. The number of aromatic nitrogens is 2. The van der Waals surface area contributed by atoms with Gasteiger partial charge in [0.05, 0.1) is 16.6 Å². The molecule has 0 bridgehead atoms. The predicted octanol–water partition coefficient (Wildman–Crippen LogP) is 4.22. The lowest BCUT2D eigenvalue weighted by molar-refractivity contribution is 0.0697. The van der Waals surface area contributed by atoms with Gasteiger partial charge in [-0.3, -0.25) is 0 Å². The van der Waals surface area contributed by atoms with E-state index < -0.39 is 5.97 Å². The summed E-state index contributed by atoms with van der Waals surface area (Å²) >= 11 is 0. The maximum absolute atomic E-state index is 11.1. The molecule has 0 saturated heterocycles. The van der Waals surface area contributed by atoms with E-state index in [1.54, 1.807) is 12.1 Å².